The fourth-order valence-corrected chi connectivity index (χ4v) is 3.06. The zero-order chi connectivity index (χ0) is 11.6. The number of ether oxygens (including phenoxy) is 1. The van der Waals surface area contributed by atoms with Crippen LogP contribution in [-0.2, 0) is 14.3 Å². The SMILES string of the molecule is CCOC(=O)C1CSC(C)(C)N1C(C)=O. The molecule has 86 valence electrons. The van der Waals surface area contributed by atoms with Crippen LogP contribution in [0.3, 0.4) is 0 Å². The molecule has 15 heavy (non-hydrogen) atoms. The summed E-state index contributed by atoms with van der Waals surface area (Å²) in [4.78, 5) is 24.4. The lowest BCUT2D eigenvalue weighted by atomic mass is 10.2. The second-order valence-corrected chi connectivity index (χ2v) is 5.54. The van der Waals surface area contributed by atoms with Crippen molar-refractivity contribution >= 4 is 23.6 Å². The second-order valence-electron chi connectivity index (χ2n) is 3.91. The van der Waals surface area contributed by atoms with Gasteiger partial charge in [0.15, 0.2) is 0 Å². The molecule has 1 amide bonds. The molecule has 0 aliphatic carbocycles. The standard InChI is InChI=1S/C10H17NO3S/c1-5-14-9(13)8-6-15-10(3,4)11(8)7(2)12/h8H,5-6H2,1-4H3. The summed E-state index contributed by atoms with van der Waals surface area (Å²) in [5.41, 5.74) is 0. The molecule has 1 unspecified atom stereocenters. The Morgan fingerprint density at radius 2 is 2.13 bits per heavy atom. The highest BCUT2D eigenvalue weighted by Crippen LogP contribution is 2.39. The van der Waals surface area contributed by atoms with Crippen molar-refractivity contribution in [2.75, 3.05) is 12.4 Å². The van der Waals surface area contributed by atoms with Crippen LogP contribution in [0.15, 0.2) is 0 Å². The summed E-state index contributed by atoms with van der Waals surface area (Å²) >= 11 is 1.60. The van der Waals surface area contributed by atoms with E-state index in [9.17, 15) is 9.59 Å². The van der Waals surface area contributed by atoms with Crippen LogP contribution in [0.2, 0.25) is 0 Å². The summed E-state index contributed by atoms with van der Waals surface area (Å²) in [7, 11) is 0. The topological polar surface area (TPSA) is 46.6 Å². The number of carbonyl (C=O) groups is 2. The van der Waals surface area contributed by atoms with E-state index in [2.05, 4.69) is 0 Å². The Bertz CT molecular complexity index is 278. The van der Waals surface area contributed by atoms with Crippen molar-refractivity contribution in [3.63, 3.8) is 0 Å². The lowest BCUT2D eigenvalue weighted by molar-refractivity contribution is -0.154. The molecule has 0 aromatic heterocycles. The summed E-state index contributed by atoms with van der Waals surface area (Å²) in [5.74, 6) is 0.236. The maximum Gasteiger partial charge on any atom is 0.329 e. The molecule has 1 aliphatic heterocycles. The van der Waals surface area contributed by atoms with Gasteiger partial charge in [0.25, 0.3) is 0 Å². The van der Waals surface area contributed by atoms with Crippen LogP contribution < -0.4 is 0 Å². The highest BCUT2D eigenvalue weighted by atomic mass is 32.2. The smallest absolute Gasteiger partial charge is 0.329 e. The number of carbonyl (C=O) groups excluding carboxylic acids is 2. The molecule has 1 fully saturated rings. The predicted molar refractivity (Wildman–Crippen MR) is 59.5 cm³/mol. The monoisotopic (exact) mass is 231 g/mol. The van der Waals surface area contributed by atoms with E-state index in [0.29, 0.717) is 12.4 Å². The minimum Gasteiger partial charge on any atom is -0.464 e. The van der Waals surface area contributed by atoms with Gasteiger partial charge in [0.1, 0.15) is 6.04 Å². The minimum absolute atomic E-state index is 0.0805. The van der Waals surface area contributed by atoms with Crippen molar-refractivity contribution in [3.05, 3.63) is 0 Å². The second kappa shape index (κ2) is 4.43. The summed E-state index contributed by atoms with van der Waals surface area (Å²) < 4.78 is 4.95. The molecule has 1 atom stereocenters. The quantitative estimate of drug-likeness (QED) is 0.671. The fraction of sp³-hybridized carbons (Fsp3) is 0.800. The normalized spacial score (nSPS) is 24.0. The number of esters is 1. The van der Waals surface area contributed by atoms with Crippen LogP contribution in [0.5, 0.6) is 0 Å². The molecule has 0 N–H and O–H groups in total. The molecule has 1 aliphatic rings. The van der Waals surface area contributed by atoms with E-state index in [0.717, 1.165) is 0 Å². The average molecular weight is 231 g/mol. The van der Waals surface area contributed by atoms with Crippen LogP contribution >= 0.6 is 11.8 Å². The van der Waals surface area contributed by atoms with E-state index in [1.165, 1.54) is 6.92 Å². The molecular formula is C10H17NO3S. The molecule has 1 rings (SSSR count). The third kappa shape index (κ3) is 2.45. The largest absolute Gasteiger partial charge is 0.464 e. The van der Waals surface area contributed by atoms with Crippen molar-refractivity contribution in [2.24, 2.45) is 0 Å². The Labute approximate surface area is 94.3 Å². The van der Waals surface area contributed by atoms with Gasteiger partial charge in [0.05, 0.1) is 11.5 Å². The highest BCUT2D eigenvalue weighted by Gasteiger charge is 2.45. The third-order valence-electron chi connectivity index (χ3n) is 2.38. The van der Waals surface area contributed by atoms with E-state index in [-0.39, 0.29) is 16.7 Å². The zero-order valence-electron chi connectivity index (χ0n) is 9.57. The first-order valence-electron chi connectivity index (χ1n) is 5.00. The minimum atomic E-state index is -0.428. The number of thioether (sulfide) groups is 1. The molecule has 0 spiro atoms. The van der Waals surface area contributed by atoms with E-state index >= 15 is 0 Å². The summed E-state index contributed by atoms with van der Waals surface area (Å²) in [5, 5.41) is 0. The van der Waals surface area contributed by atoms with Gasteiger partial charge in [0.2, 0.25) is 5.91 Å². The number of hydrogen-bond donors (Lipinski definition) is 0. The number of nitrogens with zero attached hydrogens (tertiary/aromatic N) is 1. The van der Waals surface area contributed by atoms with Crippen molar-refractivity contribution < 1.29 is 14.3 Å². The Morgan fingerprint density at radius 1 is 1.53 bits per heavy atom. The Kier molecular flexibility index (Phi) is 3.65. The van der Waals surface area contributed by atoms with Gasteiger partial charge >= 0.3 is 5.97 Å². The van der Waals surface area contributed by atoms with Crippen LogP contribution in [0.1, 0.15) is 27.7 Å². The molecular weight excluding hydrogens is 214 g/mol. The molecule has 0 saturated carbocycles. The van der Waals surface area contributed by atoms with Gasteiger partial charge in [-0.25, -0.2) is 4.79 Å². The van der Waals surface area contributed by atoms with Crippen molar-refractivity contribution in [1.29, 1.82) is 0 Å². The van der Waals surface area contributed by atoms with Crippen LogP contribution in [-0.4, -0.2) is 40.0 Å². The molecule has 5 heteroatoms. The molecule has 0 aromatic rings. The van der Waals surface area contributed by atoms with Crippen molar-refractivity contribution in [2.45, 2.75) is 38.6 Å². The summed E-state index contributed by atoms with van der Waals surface area (Å²) in [6, 6.07) is -0.428. The first kappa shape index (κ1) is 12.4. The average Bonchev–Trinajstić information content (AvgIpc) is 2.41. The van der Waals surface area contributed by atoms with E-state index in [1.54, 1.807) is 23.6 Å². The van der Waals surface area contributed by atoms with Crippen LogP contribution in [0.25, 0.3) is 0 Å². The first-order valence-corrected chi connectivity index (χ1v) is 5.99. The molecule has 0 aromatic carbocycles. The van der Waals surface area contributed by atoms with Gasteiger partial charge in [-0.05, 0) is 20.8 Å². The van der Waals surface area contributed by atoms with Crippen molar-refractivity contribution in [1.82, 2.24) is 4.90 Å². The van der Waals surface area contributed by atoms with Gasteiger partial charge in [-0.15, -0.1) is 11.8 Å². The van der Waals surface area contributed by atoms with Crippen molar-refractivity contribution in [3.8, 4) is 0 Å². The Hall–Kier alpha value is -0.710. The molecule has 4 nitrogen and oxygen atoms in total. The van der Waals surface area contributed by atoms with Gasteiger partial charge in [0, 0.05) is 12.7 Å². The zero-order valence-corrected chi connectivity index (χ0v) is 10.4. The number of amides is 1. The molecule has 0 radical (unpaired) electrons. The van der Waals surface area contributed by atoms with E-state index in [1.807, 2.05) is 13.8 Å². The number of hydrogen-bond acceptors (Lipinski definition) is 4. The van der Waals surface area contributed by atoms with E-state index < -0.39 is 6.04 Å². The van der Waals surface area contributed by atoms with Gasteiger partial charge in [-0.1, -0.05) is 0 Å². The third-order valence-corrected chi connectivity index (χ3v) is 3.77. The number of rotatable bonds is 2. The van der Waals surface area contributed by atoms with Gasteiger partial charge < -0.3 is 9.64 Å². The first-order chi connectivity index (χ1) is 6.90. The summed E-state index contributed by atoms with van der Waals surface area (Å²) in [6.07, 6.45) is 0. The Balaban J connectivity index is 2.83. The Morgan fingerprint density at radius 3 is 2.60 bits per heavy atom. The maximum absolute atomic E-state index is 11.6. The summed E-state index contributed by atoms with van der Waals surface area (Å²) in [6.45, 7) is 7.49. The van der Waals surface area contributed by atoms with E-state index in [4.69, 9.17) is 4.74 Å². The van der Waals surface area contributed by atoms with Crippen LogP contribution in [0, 0.1) is 0 Å². The lowest BCUT2D eigenvalue weighted by Gasteiger charge is -2.32. The lowest BCUT2D eigenvalue weighted by Crippen LogP contribution is -2.49. The highest BCUT2D eigenvalue weighted by molar-refractivity contribution is 8.00. The van der Waals surface area contributed by atoms with Gasteiger partial charge in [-0.2, -0.15) is 0 Å². The van der Waals surface area contributed by atoms with Gasteiger partial charge in [-0.3, -0.25) is 4.79 Å². The molecule has 1 heterocycles. The van der Waals surface area contributed by atoms with Crippen LogP contribution in [0.4, 0.5) is 0 Å². The maximum atomic E-state index is 11.6. The molecule has 0 bridgehead atoms. The fourth-order valence-electron chi connectivity index (χ4n) is 1.81. The predicted octanol–water partition coefficient (Wildman–Crippen LogP) is 1.25. The molecule has 1 saturated heterocycles.